The third-order valence-corrected chi connectivity index (χ3v) is 4.20. The van der Waals surface area contributed by atoms with Crippen molar-refractivity contribution in [1.82, 2.24) is 14.8 Å². The summed E-state index contributed by atoms with van der Waals surface area (Å²) in [6.07, 6.45) is 8.43. The fraction of sp³-hybridized carbons (Fsp3) is 0.375. The summed E-state index contributed by atoms with van der Waals surface area (Å²) < 4.78 is 13.4. The van der Waals surface area contributed by atoms with Gasteiger partial charge in [0.1, 0.15) is 12.7 Å². The van der Waals surface area contributed by atoms with Crippen LogP contribution >= 0.6 is 0 Å². The Morgan fingerprint density at radius 2 is 1.71 bits per heavy atom. The number of hydrogen-bond acceptors (Lipinski definition) is 4. The molecule has 0 saturated carbocycles. The molecule has 108 valence electrons. The molecule has 21 heavy (non-hydrogen) atoms. The Morgan fingerprint density at radius 1 is 1.00 bits per heavy atom. The second kappa shape index (κ2) is 5.09. The first-order chi connectivity index (χ1) is 10.3. The molecule has 1 aromatic carbocycles. The van der Waals surface area contributed by atoms with Gasteiger partial charge in [0.15, 0.2) is 5.79 Å². The van der Waals surface area contributed by atoms with Crippen molar-refractivity contribution in [2.45, 2.75) is 25.0 Å². The zero-order valence-electron chi connectivity index (χ0n) is 11.7. The zero-order valence-corrected chi connectivity index (χ0v) is 11.7. The van der Waals surface area contributed by atoms with E-state index in [0.717, 1.165) is 38.2 Å². The number of hydrogen-bond donors (Lipinski definition) is 0. The Morgan fingerprint density at radius 3 is 2.33 bits per heavy atom. The van der Waals surface area contributed by atoms with Crippen molar-refractivity contribution in [2.75, 3.05) is 13.2 Å². The fourth-order valence-electron chi connectivity index (χ4n) is 3.01. The lowest BCUT2D eigenvalue weighted by Gasteiger charge is -2.30. The fourth-order valence-corrected chi connectivity index (χ4v) is 3.01. The molecule has 4 rings (SSSR count). The molecule has 2 aliphatic rings. The van der Waals surface area contributed by atoms with Gasteiger partial charge in [-0.1, -0.05) is 18.2 Å². The van der Waals surface area contributed by atoms with Crippen LogP contribution in [0.3, 0.4) is 0 Å². The Balaban J connectivity index is 1.53. The Bertz CT molecular complexity index is 641. The predicted molar refractivity (Wildman–Crippen MR) is 77.8 cm³/mol. The van der Waals surface area contributed by atoms with Crippen LogP contribution in [-0.4, -0.2) is 33.8 Å². The van der Waals surface area contributed by atoms with Crippen LogP contribution in [0.5, 0.6) is 0 Å². The third kappa shape index (κ3) is 2.39. The molecule has 1 aliphatic carbocycles. The molecular formula is C16H17N3O2. The molecule has 1 saturated heterocycles. The van der Waals surface area contributed by atoms with Crippen LogP contribution in [0, 0.1) is 0 Å². The smallest absolute Gasteiger partial charge is 0.172 e. The molecule has 1 fully saturated rings. The van der Waals surface area contributed by atoms with Gasteiger partial charge in [0.05, 0.1) is 13.2 Å². The molecule has 2 aromatic rings. The lowest BCUT2D eigenvalue weighted by molar-refractivity contribution is -0.159. The molecule has 0 N–H and O–H groups in total. The van der Waals surface area contributed by atoms with Gasteiger partial charge in [-0.15, -0.1) is 10.2 Å². The first kappa shape index (κ1) is 12.7. The van der Waals surface area contributed by atoms with Crippen molar-refractivity contribution < 1.29 is 9.47 Å². The summed E-state index contributed by atoms with van der Waals surface area (Å²) in [5.74, 6) is -0.341. The van der Waals surface area contributed by atoms with Gasteiger partial charge in [-0.25, -0.2) is 0 Å². The standard InChI is InChI=1S/C16H17N3O2/c1-3-15(19-11-17-18-12-19)4-2-13(1)14-5-7-16(8-6-14)20-9-10-21-16/h1-5,11-12H,6-10H2. The van der Waals surface area contributed by atoms with E-state index in [2.05, 4.69) is 40.5 Å². The first-order valence-electron chi connectivity index (χ1n) is 7.27. The van der Waals surface area contributed by atoms with E-state index in [1.165, 1.54) is 11.1 Å². The topological polar surface area (TPSA) is 49.2 Å². The summed E-state index contributed by atoms with van der Waals surface area (Å²) in [5, 5.41) is 7.65. The number of nitrogens with zero attached hydrogens (tertiary/aromatic N) is 3. The quantitative estimate of drug-likeness (QED) is 0.850. The van der Waals surface area contributed by atoms with Gasteiger partial charge >= 0.3 is 0 Å². The number of aromatic nitrogens is 3. The van der Waals surface area contributed by atoms with Gasteiger partial charge in [-0.3, -0.25) is 4.57 Å². The molecule has 0 bridgehead atoms. The summed E-state index contributed by atoms with van der Waals surface area (Å²) in [7, 11) is 0. The number of allylic oxidation sites excluding steroid dienone is 1. The maximum Gasteiger partial charge on any atom is 0.172 e. The van der Waals surface area contributed by atoms with Crippen molar-refractivity contribution in [3.8, 4) is 5.69 Å². The van der Waals surface area contributed by atoms with Crippen LogP contribution in [-0.2, 0) is 9.47 Å². The summed E-state index contributed by atoms with van der Waals surface area (Å²) in [5.41, 5.74) is 3.70. The summed E-state index contributed by atoms with van der Waals surface area (Å²) in [4.78, 5) is 0. The van der Waals surface area contributed by atoms with Crippen LogP contribution in [0.2, 0.25) is 0 Å². The lowest BCUT2D eigenvalue weighted by Crippen LogP contribution is -2.31. The maximum atomic E-state index is 5.75. The Labute approximate surface area is 123 Å². The highest BCUT2D eigenvalue weighted by molar-refractivity contribution is 5.67. The molecule has 0 unspecified atom stereocenters. The van der Waals surface area contributed by atoms with E-state index in [9.17, 15) is 0 Å². The SMILES string of the molecule is C1=C(c2ccc(-n3cnnc3)cc2)CCC2(C1)OCCO2. The average Bonchev–Trinajstić information content (AvgIpc) is 3.21. The summed E-state index contributed by atoms with van der Waals surface area (Å²) >= 11 is 0. The molecule has 0 radical (unpaired) electrons. The molecule has 1 aromatic heterocycles. The van der Waals surface area contributed by atoms with Crippen molar-refractivity contribution in [1.29, 1.82) is 0 Å². The van der Waals surface area contributed by atoms with Crippen LogP contribution in [0.15, 0.2) is 43.0 Å². The second-order valence-corrected chi connectivity index (χ2v) is 5.46. The zero-order chi connectivity index (χ0) is 14.1. The largest absolute Gasteiger partial charge is 0.347 e. The molecule has 1 aliphatic heterocycles. The van der Waals surface area contributed by atoms with E-state index in [0.29, 0.717) is 0 Å². The highest BCUT2D eigenvalue weighted by atomic mass is 16.7. The van der Waals surface area contributed by atoms with Crippen molar-refractivity contribution in [3.63, 3.8) is 0 Å². The van der Waals surface area contributed by atoms with E-state index in [4.69, 9.17) is 9.47 Å². The van der Waals surface area contributed by atoms with Crippen LogP contribution in [0.4, 0.5) is 0 Å². The number of benzene rings is 1. The van der Waals surface area contributed by atoms with Crippen molar-refractivity contribution >= 4 is 5.57 Å². The minimum atomic E-state index is -0.341. The van der Waals surface area contributed by atoms with E-state index in [1.807, 2.05) is 4.57 Å². The van der Waals surface area contributed by atoms with Crippen molar-refractivity contribution in [3.05, 3.63) is 48.6 Å². The predicted octanol–water partition coefficient (Wildman–Crippen LogP) is 2.58. The van der Waals surface area contributed by atoms with Gasteiger partial charge in [-0.05, 0) is 29.7 Å². The highest BCUT2D eigenvalue weighted by Gasteiger charge is 2.37. The summed E-state index contributed by atoms with van der Waals surface area (Å²) in [6, 6.07) is 8.48. The first-order valence-corrected chi connectivity index (χ1v) is 7.27. The molecule has 5 heteroatoms. The molecule has 0 atom stereocenters. The van der Waals surface area contributed by atoms with Gasteiger partial charge in [0, 0.05) is 18.5 Å². The molecule has 1 spiro atoms. The van der Waals surface area contributed by atoms with E-state index in [-0.39, 0.29) is 5.79 Å². The monoisotopic (exact) mass is 283 g/mol. The Hall–Kier alpha value is -1.98. The van der Waals surface area contributed by atoms with E-state index >= 15 is 0 Å². The molecular weight excluding hydrogens is 266 g/mol. The normalized spacial score (nSPS) is 20.7. The lowest BCUT2D eigenvalue weighted by atomic mass is 9.90. The van der Waals surface area contributed by atoms with E-state index < -0.39 is 0 Å². The van der Waals surface area contributed by atoms with Gasteiger partial charge in [0.25, 0.3) is 0 Å². The van der Waals surface area contributed by atoms with Crippen LogP contribution in [0.25, 0.3) is 11.3 Å². The maximum absolute atomic E-state index is 5.75. The van der Waals surface area contributed by atoms with Gasteiger partial charge in [0.2, 0.25) is 0 Å². The van der Waals surface area contributed by atoms with Crippen LogP contribution < -0.4 is 0 Å². The average molecular weight is 283 g/mol. The van der Waals surface area contributed by atoms with Crippen molar-refractivity contribution in [2.24, 2.45) is 0 Å². The van der Waals surface area contributed by atoms with Gasteiger partial charge < -0.3 is 9.47 Å². The molecule has 2 heterocycles. The van der Waals surface area contributed by atoms with Gasteiger partial charge in [-0.2, -0.15) is 0 Å². The second-order valence-electron chi connectivity index (χ2n) is 5.46. The molecule has 0 amide bonds. The van der Waals surface area contributed by atoms with Crippen LogP contribution in [0.1, 0.15) is 24.8 Å². The number of rotatable bonds is 2. The minimum Gasteiger partial charge on any atom is -0.347 e. The third-order valence-electron chi connectivity index (χ3n) is 4.20. The summed E-state index contributed by atoms with van der Waals surface area (Å²) in [6.45, 7) is 1.44. The minimum absolute atomic E-state index is 0.341. The Kier molecular flexibility index (Phi) is 3.09. The number of ether oxygens (including phenoxy) is 2. The highest BCUT2D eigenvalue weighted by Crippen LogP contribution is 2.38. The molecule has 5 nitrogen and oxygen atoms in total. The van der Waals surface area contributed by atoms with E-state index in [1.54, 1.807) is 12.7 Å².